The summed E-state index contributed by atoms with van der Waals surface area (Å²) in [4.78, 5) is 28.6. The fraction of sp³-hybridized carbons (Fsp3) is 0.238. The molecule has 2 heterocycles. The van der Waals surface area contributed by atoms with Crippen LogP contribution in [-0.2, 0) is 27.8 Å². The molecule has 2 N–H and O–H groups in total. The summed E-state index contributed by atoms with van der Waals surface area (Å²) in [6, 6.07) is 10.0. The van der Waals surface area contributed by atoms with E-state index in [4.69, 9.17) is 23.2 Å². The summed E-state index contributed by atoms with van der Waals surface area (Å²) in [7, 11) is -3.80. The summed E-state index contributed by atoms with van der Waals surface area (Å²) in [5.74, 6) is -0.426. The predicted molar refractivity (Wildman–Crippen MR) is 126 cm³/mol. The largest absolute Gasteiger partial charge is 0.326 e. The Morgan fingerprint density at radius 3 is 2.70 bits per heavy atom. The number of hydrogen-bond donors (Lipinski definition) is 2. The predicted octanol–water partition coefficient (Wildman–Crippen LogP) is 2.80. The highest BCUT2D eigenvalue weighted by molar-refractivity contribution is 7.89. The summed E-state index contributed by atoms with van der Waals surface area (Å²) < 4.78 is 29.1. The van der Waals surface area contributed by atoms with Gasteiger partial charge in [-0.2, -0.15) is 5.10 Å². The van der Waals surface area contributed by atoms with Gasteiger partial charge in [0.05, 0.1) is 22.7 Å². The fourth-order valence-electron chi connectivity index (χ4n) is 2.94. The van der Waals surface area contributed by atoms with Crippen molar-refractivity contribution in [3.8, 4) is 0 Å². The first-order valence-electron chi connectivity index (χ1n) is 9.88. The maximum atomic E-state index is 12.8. The molecule has 1 amide bonds. The van der Waals surface area contributed by atoms with Crippen LogP contribution in [0.5, 0.6) is 0 Å². The van der Waals surface area contributed by atoms with Crippen molar-refractivity contribution in [1.82, 2.24) is 19.5 Å². The van der Waals surface area contributed by atoms with Gasteiger partial charge in [0.1, 0.15) is 5.02 Å². The first-order valence-corrected chi connectivity index (χ1v) is 12.1. The molecule has 0 aliphatic rings. The fourth-order valence-corrected chi connectivity index (χ4v) is 4.51. The van der Waals surface area contributed by atoms with Crippen LogP contribution in [-0.4, -0.2) is 35.6 Å². The van der Waals surface area contributed by atoms with E-state index in [1.165, 1.54) is 12.3 Å². The summed E-state index contributed by atoms with van der Waals surface area (Å²) in [6.07, 6.45) is 3.23. The second-order valence-corrected chi connectivity index (χ2v) is 9.60. The van der Waals surface area contributed by atoms with Crippen molar-refractivity contribution >= 4 is 44.8 Å². The molecule has 3 aromatic rings. The van der Waals surface area contributed by atoms with Gasteiger partial charge < -0.3 is 5.32 Å². The Balaban J connectivity index is 1.63. The molecule has 0 radical (unpaired) electrons. The van der Waals surface area contributed by atoms with Gasteiger partial charge in [-0.1, -0.05) is 35.3 Å². The lowest BCUT2D eigenvalue weighted by molar-refractivity contribution is -0.116. The number of carbonyl (C=O) groups is 1. The smallest absolute Gasteiger partial charge is 0.287 e. The highest BCUT2D eigenvalue weighted by Crippen LogP contribution is 2.20. The number of aryl methyl sites for hydroxylation is 2. The lowest BCUT2D eigenvalue weighted by Gasteiger charge is -2.12. The third-order valence-corrected chi connectivity index (χ3v) is 7.01. The van der Waals surface area contributed by atoms with Crippen molar-refractivity contribution in [3.63, 3.8) is 0 Å². The minimum atomic E-state index is -3.80. The minimum absolute atomic E-state index is 0.0202. The minimum Gasteiger partial charge on any atom is -0.326 e. The van der Waals surface area contributed by atoms with Gasteiger partial charge in [-0.05, 0) is 36.8 Å². The number of nitrogens with zero attached hydrogens (tertiary/aromatic N) is 3. The zero-order valence-electron chi connectivity index (χ0n) is 17.6. The first kappa shape index (κ1) is 24.8. The number of halogens is 2. The van der Waals surface area contributed by atoms with E-state index in [0.29, 0.717) is 17.7 Å². The maximum Gasteiger partial charge on any atom is 0.287 e. The number of benzene rings is 1. The molecule has 0 aliphatic carbocycles. The van der Waals surface area contributed by atoms with Gasteiger partial charge in [-0.3, -0.25) is 14.6 Å². The van der Waals surface area contributed by atoms with E-state index < -0.39 is 21.5 Å². The average Bonchev–Trinajstić information content (AvgIpc) is 2.79. The Labute approximate surface area is 200 Å². The van der Waals surface area contributed by atoms with Gasteiger partial charge >= 0.3 is 0 Å². The number of hydrogen-bond acceptors (Lipinski definition) is 6. The number of anilines is 1. The van der Waals surface area contributed by atoms with Gasteiger partial charge in [0.25, 0.3) is 5.56 Å². The van der Waals surface area contributed by atoms with Crippen LogP contribution in [0.4, 0.5) is 5.69 Å². The molecule has 0 spiro atoms. The van der Waals surface area contributed by atoms with Gasteiger partial charge in [-0.15, -0.1) is 0 Å². The summed E-state index contributed by atoms with van der Waals surface area (Å²) in [6.45, 7) is 1.83. The SMILES string of the molecule is Cc1ccc(NC(=O)CCn2ncc(Cl)c(Cl)c2=O)cc1S(=O)(=O)NCCc1ccccn1. The lowest BCUT2D eigenvalue weighted by atomic mass is 10.2. The molecule has 0 atom stereocenters. The molecule has 12 heteroatoms. The van der Waals surface area contributed by atoms with E-state index in [9.17, 15) is 18.0 Å². The molecule has 0 aliphatic heterocycles. The Morgan fingerprint density at radius 1 is 1.18 bits per heavy atom. The van der Waals surface area contributed by atoms with Gasteiger partial charge in [0.15, 0.2) is 0 Å². The van der Waals surface area contributed by atoms with Crippen LogP contribution in [0.25, 0.3) is 0 Å². The van der Waals surface area contributed by atoms with Crippen LogP contribution in [0.3, 0.4) is 0 Å². The van der Waals surface area contributed by atoms with Crippen molar-refractivity contribution in [2.24, 2.45) is 0 Å². The van der Waals surface area contributed by atoms with Crippen LogP contribution in [0, 0.1) is 6.92 Å². The number of nitrogens with one attached hydrogen (secondary N) is 2. The number of pyridine rings is 1. The van der Waals surface area contributed by atoms with Gasteiger partial charge in [-0.25, -0.2) is 17.8 Å². The molecule has 0 bridgehead atoms. The molecular formula is C21H21Cl2N5O4S. The molecular weight excluding hydrogens is 489 g/mol. The van der Waals surface area contributed by atoms with Crippen molar-refractivity contribution in [3.05, 3.63) is 80.4 Å². The van der Waals surface area contributed by atoms with Crippen LogP contribution in [0.2, 0.25) is 10.0 Å². The summed E-state index contributed by atoms with van der Waals surface area (Å²) in [5, 5.41) is 6.34. The average molecular weight is 510 g/mol. The number of rotatable bonds is 9. The van der Waals surface area contributed by atoms with E-state index in [1.54, 1.807) is 31.3 Å². The van der Waals surface area contributed by atoms with E-state index in [0.717, 1.165) is 10.4 Å². The van der Waals surface area contributed by atoms with E-state index in [-0.39, 0.29) is 34.5 Å². The second-order valence-electron chi connectivity index (χ2n) is 7.08. The van der Waals surface area contributed by atoms with Crippen molar-refractivity contribution < 1.29 is 13.2 Å². The quantitative estimate of drug-likeness (QED) is 0.457. The highest BCUT2D eigenvalue weighted by atomic mass is 35.5. The molecule has 33 heavy (non-hydrogen) atoms. The number of carbonyl (C=O) groups excluding carboxylic acids is 1. The van der Waals surface area contributed by atoms with Gasteiger partial charge in [0, 0.05) is 37.0 Å². The zero-order valence-corrected chi connectivity index (χ0v) is 19.9. The first-order chi connectivity index (χ1) is 15.7. The van der Waals surface area contributed by atoms with E-state index >= 15 is 0 Å². The Bertz CT molecular complexity index is 1310. The topological polar surface area (TPSA) is 123 Å². The lowest BCUT2D eigenvalue weighted by Crippen LogP contribution is -2.27. The molecule has 0 saturated carbocycles. The van der Waals surface area contributed by atoms with Gasteiger partial charge in [0.2, 0.25) is 15.9 Å². The zero-order chi connectivity index (χ0) is 24.0. The standard InChI is InChI=1S/C21H21Cl2N5O4S/c1-14-5-6-16(27-19(29)8-11-28-21(30)20(23)17(22)13-25-28)12-18(14)33(31,32)26-10-7-15-4-2-3-9-24-15/h2-6,9,12-13,26H,7-8,10-11H2,1H3,(H,27,29). The molecule has 9 nitrogen and oxygen atoms in total. The third kappa shape index (κ3) is 6.61. The van der Waals surface area contributed by atoms with Crippen LogP contribution >= 0.6 is 23.2 Å². The molecule has 3 rings (SSSR count). The molecule has 0 saturated heterocycles. The van der Waals surface area contributed by atoms with Crippen molar-refractivity contribution in [2.45, 2.75) is 31.2 Å². The van der Waals surface area contributed by atoms with E-state index in [2.05, 4.69) is 20.1 Å². The number of sulfonamides is 1. The number of amides is 1. The molecule has 0 fully saturated rings. The molecule has 1 aromatic carbocycles. The third-order valence-electron chi connectivity index (χ3n) is 4.65. The Kier molecular flexibility index (Phi) is 8.20. The highest BCUT2D eigenvalue weighted by Gasteiger charge is 2.18. The summed E-state index contributed by atoms with van der Waals surface area (Å²) >= 11 is 11.5. The van der Waals surface area contributed by atoms with Crippen LogP contribution in [0.15, 0.2) is 58.5 Å². The molecule has 0 unspecified atom stereocenters. The molecule has 174 valence electrons. The van der Waals surface area contributed by atoms with Crippen molar-refractivity contribution in [2.75, 3.05) is 11.9 Å². The van der Waals surface area contributed by atoms with Crippen LogP contribution < -0.4 is 15.6 Å². The van der Waals surface area contributed by atoms with E-state index in [1.807, 2.05) is 12.1 Å². The Hall–Kier alpha value is -2.79. The molecule has 2 aromatic heterocycles. The maximum absolute atomic E-state index is 12.8. The number of aromatic nitrogens is 3. The normalized spacial score (nSPS) is 11.4. The monoisotopic (exact) mass is 509 g/mol. The second kappa shape index (κ2) is 10.9. The van der Waals surface area contributed by atoms with Crippen LogP contribution in [0.1, 0.15) is 17.7 Å². The van der Waals surface area contributed by atoms with Crippen molar-refractivity contribution in [1.29, 1.82) is 0 Å². The summed E-state index contributed by atoms with van der Waals surface area (Å²) in [5.41, 5.74) is 1.01. The Morgan fingerprint density at radius 2 is 1.97 bits per heavy atom.